The van der Waals surface area contributed by atoms with E-state index >= 15 is 0 Å². The number of primary amides is 1. The zero-order valence-corrected chi connectivity index (χ0v) is 10.5. The summed E-state index contributed by atoms with van der Waals surface area (Å²) in [5.41, 5.74) is 5.26. The minimum atomic E-state index is -0.451. The Hall–Kier alpha value is -1.30. The molecule has 0 radical (unpaired) electrons. The van der Waals surface area contributed by atoms with Gasteiger partial charge in [0.25, 0.3) is 0 Å². The molecule has 0 bridgehead atoms. The van der Waals surface area contributed by atoms with E-state index in [2.05, 4.69) is 0 Å². The average Bonchev–Trinajstić information content (AvgIpc) is 2.86. The number of piperidine rings is 1. The highest BCUT2D eigenvalue weighted by Crippen LogP contribution is 2.24. The van der Waals surface area contributed by atoms with Gasteiger partial charge in [0.15, 0.2) is 0 Å². The minimum Gasteiger partial charge on any atom is -0.394 e. The molecular formula is C12H21N3O3. The SMILES string of the molecule is NC(=O)N1CCCC(C(=O)N2CCC[C@@H]2CO)C1. The Kier molecular flexibility index (Phi) is 4.06. The van der Waals surface area contributed by atoms with Crippen LogP contribution in [0.15, 0.2) is 0 Å². The zero-order valence-electron chi connectivity index (χ0n) is 10.5. The predicted octanol–water partition coefficient (Wildman–Crippen LogP) is -0.240. The molecular weight excluding hydrogens is 234 g/mol. The molecule has 6 nitrogen and oxygen atoms in total. The molecule has 1 unspecified atom stereocenters. The highest BCUT2D eigenvalue weighted by molar-refractivity contribution is 5.81. The molecule has 2 aliphatic heterocycles. The fourth-order valence-electron chi connectivity index (χ4n) is 2.93. The number of hydrogen-bond donors (Lipinski definition) is 2. The lowest BCUT2D eigenvalue weighted by molar-refractivity contribution is -0.138. The number of amides is 3. The molecule has 0 aliphatic carbocycles. The summed E-state index contributed by atoms with van der Waals surface area (Å²) in [6.07, 6.45) is 3.44. The van der Waals surface area contributed by atoms with Gasteiger partial charge in [0.2, 0.25) is 5.91 Å². The Morgan fingerprint density at radius 3 is 2.61 bits per heavy atom. The minimum absolute atomic E-state index is 0.0258. The van der Waals surface area contributed by atoms with Gasteiger partial charge in [-0.3, -0.25) is 4.79 Å². The van der Waals surface area contributed by atoms with Crippen LogP contribution in [0.25, 0.3) is 0 Å². The van der Waals surface area contributed by atoms with Gasteiger partial charge in [0.05, 0.1) is 18.6 Å². The second-order valence-electron chi connectivity index (χ2n) is 5.13. The van der Waals surface area contributed by atoms with Gasteiger partial charge in [-0.1, -0.05) is 0 Å². The normalized spacial score (nSPS) is 28.5. The lowest BCUT2D eigenvalue weighted by Gasteiger charge is -2.34. The number of hydrogen-bond acceptors (Lipinski definition) is 3. The van der Waals surface area contributed by atoms with Crippen molar-refractivity contribution in [2.75, 3.05) is 26.2 Å². The standard InChI is InChI=1S/C12H21N3O3/c13-12(18)14-5-1-3-9(7-14)11(17)15-6-2-4-10(15)8-16/h9-10,16H,1-8H2,(H2,13,18)/t9?,10-/m1/s1. The smallest absolute Gasteiger partial charge is 0.314 e. The van der Waals surface area contributed by atoms with Crippen molar-refractivity contribution < 1.29 is 14.7 Å². The third-order valence-electron chi connectivity index (χ3n) is 3.95. The number of likely N-dealkylation sites (tertiary alicyclic amines) is 2. The first-order valence-electron chi connectivity index (χ1n) is 6.59. The number of aliphatic hydroxyl groups excluding tert-OH is 1. The van der Waals surface area contributed by atoms with Gasteiger partial charge in [-0.2, -0.15) is 0 Å². The van der Waals surface area contributed by atoms with Crippen LogP contribution in [0.5, 0.6) is 0 Å². The largest absolute Gasteiger partial charge is 0.394 e. The lowest BCUT2D eigenvalue weighted by atomic mass is 9.96. The quantitative estimate of drug-likeness (QED) is 0.714. The molecule has 2 heterocycles. The van der Waals surface area contributed by atoms with E-state index in [4.69, 9.17) is 5.73 Å². The molecule has 18 heavy (non-hydrogen) atoms. The van der Waals surface area contributed by atoms with Crippen LogP contribution in [-0.2, 0) is 4.79 Å². The summed E-state index contributed by atoms with van der Waals surface area (Å²) in [5, 5.41) is 9.25. The average molecular weight is 255 g/mol. The molecule has 2 aliphatic rings. The summed E-state index contributed by atoms with van der Waals surface area (Å²) in [6.45, 7) is 1.81. The maximum atomic E-state index is 12.4. The number of aliphatic hydroxyl groups is 1. The van der Waals surface area contributed by atoms with Crippen LogP contribution in [-0.4, -0.2) is 59.1 Å². The third kappa shape index (κ3) is 2.58. The number of carbonyl (C=O) groups excluding carboxylic acids is 2. The summed E-state index contributed by atoms with van der Waals surface area (Å²) in [7, 11) is 0. The molecule has 102 valence electrons. The molecule has 2 atom stereocenters. The molecule has 0 aromatic rings. The van der Waals surface area contributed by atoms with Crippen LogP contribution in [0.4, 0.5) is 4.79 Å². The molecule has 0 saturated carbocycles. The summed E-state index contributed by atoms with van der Waals surface area (Å²) in [5.74, 6) is -0.0871. The maximum absolute atomic E-state index is 12.4. The zero-order chi connectivity index (χ0) is 13.1. The van der Waals surface area contributed by atoms with Crippen molar-refractivity contribution in [3.8, 4) is 0 Å². The Balaban J connectivity index is 1.98. The summed E-state index contributed by atoms with van der Waals surface area (Å²) in [6, 6.07) is -0.492. The molecule has 2 fully saturated rings. The van der Waals surface area contributed by atoms with Gasteiger partial charge in [-0.15, -0.1) is 0 Å². The van der Waals surface area contributed by atoms with Gasteiger partial charge in [-0.25, -0.2) is 4.79 Å². The predicted molar refractivity (Wildman–Crippen MR) is 65.7 cm³/mol. The summed E-state index contributed by atoms with van der Waals surface area (Å²) in [4.78, 5) is 26.8. The highest BCUT2D eigenvalue weighted by Gasteiger charge is 2.35. The van der Waals surface area contributed by atoms with Crippen molar-refractivity contribution in [3.63, 3.8) is 0 Å². The fourth-order valence-corrected chi connectivity index (χ4v) is 2.93. The molecule has 3 N–H and O–H groups in total. The van der Waals surface area contributed by atoms with E-state index in [9.17, 15) is 14.7 Å². The van der Waals surface area contributed by atoms with Crippen LogP contribution < -0.4 is 5.73 Å². The molecule has 0 spiro atoms. The number of nitrogens with two attached hydrogens (primary N) is 1. The van der Waals surface area contributed by atoms with Gasteiger partial charge < -0.3 is 20.6 Å². The monoisotopic (exact) mass is 255 g/mol. The van der Waals surface area contributed by atoms with Crippen molar-refractivity contribution in [3.05, 3.63) is 0 Å². The molecule has 3 amide bonds. The Labute approximate surface area is 107 Å². The Bertz CT molecular complexity index is 335. The van der Waals surface area contributed by atoms with E-state index in [1.54, 1.807) is 4.90 Å². The first kappa shape index (κ1) is 13.1. The van der Waals surface area contributed by atoms with E-state index in [0.717, 1.165) is 32.2 Å². The van der Waals surface area contributed by atoms with E-state index in [1.807, 2.05) is 0 Å². The third-order valence-corrected chi connectivity index (χ3v) is 3.95. The second-order valence-corrected chi connectivity index (χ2v) is 5.13. The van der Waals surface area contributed by atoms with Crippen LogP contribution in [0.1, 0.15) is 25.7 Å². The fraction of sp³-hybridized carbons (Fsp3) is 0.833. The van der Waals surface area contributed by atoms with Crippen molar-refractivity contribution in [1.29, 1.82) is 0 Å². The van der Waals surface area contributed by atoms with E-state index in [0.29, 0.717) is 13.1 Å². The molecule has 6 heteroatoms. The second kappa shape index (κ2) is 5.56. The van der Waals surface area contributed by atoms with Crippen molar-refractivity contribution >= 4 is 11.9 Å². The van der Waals surface area contributed by atoms with E-state index < -0.39 is 6.03 Å². The topological polar surface area (TPSA) is 86.9 Å². The molecule has 0 aromatic carbocycles. The lowest BCUT2D eigenvalue weighted by Crippen LogP contribution is -2.49. The van der Waals surface area contributed by atoms with Crippen molar-refractivity contribution in [2.24, 2.45) is 11.7 Å². The van der Waals surface area contributed by atoms with Gasteiger partial charge in [0.1, 0.15) is 0 Å². The van der Waals surface area contributed by atoms with Crippen LogP contribution in [0.3, 0.4) is 0 Å². The summed E-state index contributed by atoms with van der Waals surface area (Å²) < 4.78 is 0. The maximum Gasteiger partial charge on any atom is 0.314 e. The van der Waals surface area contributed by atoms with Crippen LogP contribution in [0, 0.1) is 5.92 Å². The van der Waals surface area contributed by atoms with Crippen molar-refractivity contribution in [2.45, 2.75) is 31.7 Å². The van der Waals surface area contributed by atoms with Gasteiger partial charge in [0, 0.05) is 19.6 Å². The first-order valence-corrected chi connectivity index (χ1v) is 6.59. The van der Waals surface area contributed by atoms with Crippen LogP contribution in [0.2, 0.25) is 0 Å². The molecule has 2 rings (SSSR count). The van der Waals surface area contributed by atoms with Gasteiger partial charge >= 0.3 is 6.03 Å². The van der Waals surface area contributed by atoms with Crippen LogP contribution >= 0.6 is 0 Å². The number of rotatable bonds is 2. The molecule has 0 aromatic heterocycles. The number of urea groups is 1. The number of nitrogens with zero attached hydrogens (tertiary/aromatic N) is 2. The first-order chi connectivity index (χ1) is 8.63. The number of carbonyl (C=O) groups is 2. The Morgan fingerprint density at radius 1 is 1.22 bits per heavy atom. The summed E-state index contributed by atoms with van der Waals surface area (Å²) >= 11 is 0. The van der Waals surface area contributed by atoms with Crippen molar-refractivity contribution in [1.82, 2.24) is 9.80 Å². The molecule has 2 saturated heterocycles. The van der Waals surface area contributed by atoms with E-state index in [-0.39, 0.29) is 24.5 Å². The Morgan fingerprint density at radius 2 is 1.94 bits per heavy atom. The highest BCUT2D eigenvalue weighted by atomic mass is 16.3. The van der Waals surface area contributed by atoms with Gasteiger partial charge in [-0.05, 0) is 25.7 Å². The van der Waals surface area contributed by atoms with E-state index in [1.165, 1.54) is 4.90 Å².